The third-order valence-electron chi connectivity index (χ3n) is 4.15. The second-order valence-corrected chi connectivity index (χ2v) is 7.30. The van der Waals surface area contributed by atoms with E-state index in [2.05, 4.69) is 17.2 Å². The van der Waals surface area contributed by atoms with Gasteiger partial charge in [-0.1, -0.05) is 6.58 Å². The molecule has 5 nitrogen and oxygen atoms in total. The van der Waals surface area contributed by atoms with Gasteiger partial charge in [0.25, 0.3) is 0 Å². The Labute approximate surface area is 173 Å². The molecule has 4 N–H and O–H groups in total. The number of nitrogens with zero attached hydrogens (tertiary/aromatic N) is 1. The Morgan fingerprint density at radius 3 is 2.33 bits per heavy atom. The third kappa shape index (κ3) is 6.87. The van der Waals surface area contributed by atoms with E-state index in [1.807, 2.05) is 4.90 Å². The highest BCUT2D eigenvalue weighted by atomic mass is 32.2. The number of carbonyl (C=O) groups excluding carboxylic acids is 1. The lowest BCUT2D eigenvalue weighted by Gasteiger charge is -2.30. The van der Waals surface area contributed by atoms with E-state index in [-0.39, 0.29) is 30.1 Å². The maximum absolute atomic E-state index is 12.9. The van der Waals surface area contributed by atoms with Crippen LogP contribution in [-0.4, -0.2) is 42.9 Å². The van der Waals surface area contributed by atoms with Crippen LogP contribution in [0.4, 0.5) is 26.3 Å². The molecule has 1 aromatic carbocycles. The number of alkyl halides is 6. The van der Waals surface area contributed by atoms with Gasteiger partial charge in [-0.05, 0) is 29.2 Å². The average molecular weight is 454 g/mol. The van der Waals surface area contributed by atoms with Crippen molar-refractivity contribution < 1.29 is 31.1 Å². The fourth-order valence-corrected chi connectivity index (χ4v) is 3.22. The smallest absolute Gasteiger partial charge is 0.398 e. The third-order valence-corrected chi connectivity index (χ3v) is 4.88. The van der Waals surface area contributed by atoms with Crippen molar-refractivity contribution in [3.63, 3.8) is 0 Å². The van der Waals surface area contributed by atoms with Crippen LogP contribution in [0.2, 0.25) is 0 Å². The number of hydrogen-bond acceptors (Lipinski definition) is 5. The van der Waals surface area contributed by atoms with Gasteiger partial charge in [-0.2, -0.15) is 26.3 Å². The largest absolute Gasteiger partial charge is 0.416 e. The minimum atomic E-state index is -4.95. The Balaban J connectivity index is 1.99. The number of amides is 1. The molecule has 1 aromatic rings. The van der Waals surface area contributed by atoms with Crippen LogP contribution in [0.1, 0.15) is 16.7 Å². The molecule has 0 saturated carbocycles. The first kappa shape index (κ1) is 23.9. The molecule has 0 radical (unpaired) electrons. The number of halogens is 6. The summed E-state index contributed by atoms with van der Waals surface area (Å²) in [6, 6.07) is 1.14. The quantitative estimate of drug-likeness (QED) is 0.350. The maximum Gasteiger partial charge on any atom is 0.416 e. The second-order valence-electron chi connectivity index (χ2n) is 6.44. The lowest BCUT2D eigenvalue weighted by Crippen LogP contribution is -2.45. The molecule has 0 aromatic heterocycles. The van der Waals surface area contributed by atoms with Crippen molar-refractivity contribution in [2.45, 2.75) is 12.4 Å². The van der Waals surface area contributed by atoms with E-state index in [0.717, 1.165) is 24.0 Å². The van der Waals surface area contributed by atoms with E-state index in [4.69, 9.17) is 5.73 Å². The normalized spacial score (nSPS) is 16.0. The fourth-order valence-electron chi connectivity index (χ4n) is 2.58. The molecule has 1 heterocycles. The zero-order valence-corrected chi connectivity index (χ0v) is 16.5. The summed E-state index contributed by atoms with van der Waals surface area (Å²) < 4.78 is 77.5. The predicted molar refractivity (Wildman–Crippen MR) is 103 cm³/mol. The molecule has 0 unspecified atom stereocenters. The van der Waals surface area contributed by atoms with Crippen molar-refractivity contribution in [1.29, 1.82) is 0 Å². The Morgan fingerprint density at radius 1 is 1.20 bits per heavy atom. The topological polar surface area (TPSA) is 70.4 Å². The maximum atomic E-state index is 12.9. The van der Waals surface area contributed by atoms with Gasteiger partial charge in [0.2, 0.25) is 5.91 Å². The van der Waals surface area contributed by atoms with E-state index >= 15 is 0 Å². The molecule has 1 amide bonds. The van der Waals surface area contributed by atoms with E-state index in [9.17, 15) is 31.1 Å². The monoisotopic (exact) mass is 454 g/mol. The van der Waals surface area contributed by atoms with Gasteiger partial charge in [0.05, 0.1) is 23.5 Å². The van der Waals surface area contributed by atoms with E-state index in [1.165, 1.54) is 5.41 Å². The van der Waals surface area contributed by atoms with Crippen molar-refractivity contribution in [1.82, 2.24) is 15.5 Å². The van der Waals surface area contributed by atoms with Crippen LogP contribution in [0.3, 0.4) is 0 Å². The van der Waals surface area contributed by atoms with Crippen LogP contribution in [0.15, 0.2) is 35.9 Å². The van der Waals surface area contributed by atoms with Gasteiger partial charge >= 0.3 is 12.4 Å². The predicted octanol–water partition coefficient (Wildman–Crippen LogP) is 3.21. The highest BCUT2D eigenvalue weighted by Gasteiger charge is 2.37. The van der Waals surface area contributed by atoms with E-state index in [0.29, 0.717) is 25.2 Å². The average Bonchev–Trinajstić information content (AvgIpc) is 2.65. The number of rotatable bonds is 6. The van der Waals surface area contributed by atoms with Gasteiger partial charge in [-0.15, -0.1) is 11.8 Å². The summed E-state index contributed by atoms with van der Waals surface area (Å²) in [4.78, 5) is 13.8. The molecule has 0 atom stereocenters. The lowest BCUT2D eigenvalue weighted by molar-refractivity contribution is -0.143. The molecule has 0 aliphatic carbocycles. The summed E-state index contributed by atoms with van der Waals surface area (Å²) in [5, 5.41) is 6.89. The SMILES string of the molecule is C=C1CNCCN1CC(=O)NCS/C=C(\N)c1cc(C(F)(F)F)cc(C(F)(F)F)c1. The highest BCUT2D eigenvalue weighted by molar-refractivity contribution is 8.02. The Morgan fingerprint density at radius 2 is 1.80 bits per heavy atom. The molecule has 0 bridgehead atoms. The molecule has 12 heteroatoms. The van der Waals surface area contributed by atoms with Crippen molar-refractivity contribution in [3.05, 3.63) is 52.6 Å². The first-order valence-corrected chi connectivity index (χ1v) is 9.70. The van der Waals surface area contributed by atoms with Crippen molar-refractivity contribution in [3.8, 4) is 0 Å². The van der Waals surface area contributed by atoms with Crippen LogP contribution in [0.5, 0.6) is 0 Å². The molecule has 1 aliphatic rings. The van der Waals surface area contributed by atoms with Gasteiger partial charge in [0.1, 0.15) is 0 Å². The van der Waals surface area contributed by atoms with Crippen LogP contribution < -0.4 is 16.4 Å². The molecule has 1 fully saturated rings. The Bertz CT molecular complexity index is 790. The zero-order valence-electron chi connectivity index (χ0n) is 15.7. The fraction of sp³-hybridized carbons (Fsp3) is 0.389. The first-order chi connectivity index (χ1) is 13.9. The molecular weight excluding hydrogens is 434 g/mol. The van der Waals surface area contributed by atoms with Crippen LogP contribution in [0.25, 0.3) is 5.70 Å². The summed E-state index contributed by atoms with van der Waals surface area (Å²) in [7, 11) is 0. The molecular formula is C18H20F6N4OS. The summed E-state index contributed by atoms with van der Waals surface area (Å²) in [5.74, 6) is -0.251. The molecule has 2 rings (SSSR count). The van der Waals surface area contributed by atoms with Crippen LogP contribution in [0, 0.1) is 0 Å². The van der Waals surface area contributed by atoms with E-state index < -0.39 is 29.0 Å². The molecule has 1 aliphatic heterocycles. The molecule has 0 spiro atoms. The number of thioether (sulfide) groups is 1. The standard InChI is InChI=1S/C18H20F6N4OS/c1-11-7-26-2-3-28(11)8-16(29)27-10-30-9-15(25)12-4-13(17(19,20)21)6-14(5-12)18(22,23)24/h4-6,9,26H,1-3,7-8,10,25H2,(H,27,29)/b15-9-. The number of nitrogens with two attached hydrogens (primary N) is 1. The van der Waals surface area contributed by atoms with Crippen molar-refractivity contribution in [2.24, 2.45) is 5.73 Å². The second kappa shape index (κ2) is 9.65. The zero-order chi connectivity index (χ0) is 22.5. The number of hydrogen-bond donors (Lipinski definition) is 3. The minimum absolute atomic E-state index is 0.0358. The molecule has 30 heavy (non-hydrogen) atoms. The van der Waals surface area contributed by atoms with Crippen LogP contribution >= 0.6 is 11.8 Å². The Kier molecular flexibility index (Phi) is 7.70. The van der Waals surface area contributed by atoms with E-state index in [1.54, 1.807) is 0 Å². The number of piperazine rings is 1. The molecule has 1 saturated heterocycles. The number of benzene rings is 1. The van der Waals surface area contributed by atoms with Gasteiger partial charge in [-0.3, -0.25) is 4.79 Å². The summed E-state index contributed by atoms with van der Waals surface area (Å²) in [5.41, 5.74) is 2.87. The number of carbonyl (C=O) groups is 1. The highest BCUT2D eigenvalue weighted by Crippen LogP contribution is 2.37. The summed E-state index contributed by atoms with van der Waals surface area (Å²) in [6.45, 7) is 5.87. The van der Waals surface area contributed by atoms with Gasteiger partial charge < -0.3 is 21.3 Å². The Hall–Kier alpha value is -2.34. The number of nitrogens with one attached hydrogen (secondary N) is 2. The molecule has 166 valence electrons. The van der Waals surface area contributed by atoms with Crippen molar-refractivity contribution in [2.75, 3.05) is 32.1 Å². The summed E-state index contributed by atoms with van der Waals surface area (Å²) >= 11 is 0.939. The first-order valence-electron chi connectivity index (χ1n) is 8.65. The van der Waals surface area contributed by atoms with Crippen molar-refractivity contribution >= 4 is 23.4 Å². The van der Waals surface area contributed by atoms with Gasteiger partial charge in [0.15, 0.2) is 0 Å². The van der Waals surface area contributed by atoms with Crippen LogP contribution in [-0.2, 0) is 17.1 Å². The minimum Gasteiger partial charge on any atom is -0.398 e. The lowest BCUT2D eigenvalue weighted by atomic mass is 10.0. The van der Waals surface area contributed by atoms with Gasteiger partial charge in [0, 0.05) is 31.0 Å². The van der Waals surface area contributed by atoms with Gasteiger partial charge in [-0.25, -0.2) is 0 Å². The summed E-state index contributed by atoms with van der Waals surface area (Å²) in [6.07, 6.45) is -9.91.